The third-order valence-corrected chi connectivity index (χ3v) is 3.40. The van der Waals surface area contributed by atoms with Crippen molar-refractivity contribution >= 4 is 5.91 Å². The van der Waals surface area contributed by atoms with Gasteiger partial charge in [0.1, 0.15) is 5.82 Å². The second kappa shape index (κ2) is 6.49. The van der Waals surface area contributed by atoms with Crippen LogP contribution in [-0.4, -0.2) is 16.4 Å². The molecule has 4 heteroatoms. The van der Waals surface area contributed by atoms with Crippen LogP contribution in [0.3, 0.4) is 0 Å². The van der Waals surface area contributed by atoms with Gasteiger partial charge in [-0.05, 0) is 50.5 Å². The SMILES string of the molecule is CC(C)c1ncccc1-c1ccc(F)c(C(=O)NC(C)(C)C)c1. The first-order chi connectivity index (χ1) is 10.7. The lowest BCUT2D eigenvalue weighted by Crippen LogP contribution is -2.40. The lowest BCUT2D eigenvalue weighted by atomic mass is 9.96. The summed E-state index contributed by atoms with van der Waals surface area (Å²) in [5.74, 6) is -0.694. The van der Waals surface area contributed by atoms with Crippen molar-refractivity contribution in [3.63, 3.8) is 0 Å². The molecule has 0 aliphatic heterocycles. The molecule has 0 bridgehead atoms. The molecule has 0 aliphatic rings. The van der Waals surface area contributed by atoms with E-state index >= 15 is 0 Å². The molecule has 1 heterocycles. The fraction of sp³-hybridized carbons (Fsp3) is 0.368. The van der Waals surface area contributed by atoms with E-state index in [1.54, 1.807) is 18.3 Å². The highest BCUT2D eigenvalue weighted by atomic mass is 19.1. The topological polar surface area (TPSA) is 42.0 Å². The molecule has 3 nitrogen and oxygen atoms in total. The molecule has 0 saturated heterocycles. The van der Waals surface area contributed by atoms with Crippen molar-refractivity contribution in [3.8, 4) is 11.1 Å². The van der Waals surface area contributed by atoms with Crippen molar-refractivity contribution in [2.45, 2.75) is 46.1 Å². The van der Waals surface area contributed by atoms with E-state index in [9.17, 15) is 9.18 Å². The Morgan fingerprint density at radius 1 is 1.22 bits per heavy atom. The molecule has 0 unspecified atom stereocenters. The monoisotopic (exact) mass is 314 g/mol. The number of hydrogen-bond donors (Lipinski definition) is 1. The Balaban J connectivity index is 2.48. The third kappa shape index (κ3) is 4.15. The first-order valence-electron chi connectivity index (χ1n) is 7.76. The second-order valence-corrected chi connectivity index (χ2v) is 6.99. The minimum atomic E-state index is -0.523. The molecule has 0 spiro atoms. The van der Waals surface area contributed by atoms with Gasteiger partial charge in [0.25, 0.3) is 5.91 Å². The largest absolute Gasteiger partial charge is 0.347 e. The number of nitrogens with one attached hydrogen (secondary N) is 1. The van der Waals surface area contributed by atoms with Gasteiger partial charge in [0.15, 0.2) is 0 Å². The number of rotatable bonds is 3. The van der Waals surface area contributed by atoms with Gasteiger partial charge >= 0.3 is 0 Å². The maximum atomic E-state index is 14.1. The van der Waals surface area contributed by atoms with Gasteiger partial charge in [-0.3, -0.25) is 9.78 Å². The summed E-state index contributed by atoms with van der Waals surface area (Å²) in [7, 11) is 0. The van der Waals surface area contributed by atoms with Crippen molar-refractivity contribution in [3.05, 3.63) is 53.6 Å². The van der Waals surface area contributed by atoms with Gasteiger partial charge in [0, 0.05) is 17.3 Å². The highest BCUT2D eigenvalue weighted by Crippen LogP contribution is 2.28. The highest BCUT2D eigenvalue weighted by molar-refractivity contribution is 5.96. The summed E-state index contributed by atoms with van der Waals surface area (Å²) < 4.78 is 14.1. The molecule has 2 aromatic rings. The van der Waals surface area contributed by atoms with E-state index < -0.39 is 17.3 Å². The van der Waals surface area contributed by atoms with Crippen LogP contribution in [0.2, 0.25) is 0 Å². The fourth-order valence-electron chi connectivity index (χ4n) is 2.40. The number of benzene rings is 1. The predicted molar refractivity (Wildman–Crippen MR) is 90.9 cm³/mol. The number of carbonyl (C=O) groups is 1. The van der Waals surface area contributed by atoms with Crippen molar-refractivity contribution in [1.29, 1.82) is 0 Å². The molecular formula is C19H23FN2O. The molecule has 122 valence electrons. The molecule has 23 heavy (non-hydrogen) atoms. The van der Waals surface area contributed by atoms with Crippen LogP contribution in [-0.2, 0) is 0 Å². The van der Waals surface area contributed by atoms with Gasteiger partial charge in [-0.15, -0.1) is 0 Å². The van der Waals surface area contributed by atoms with Crippen molar-refractivity contribution in [2.24, 2.45) is 0 Å². The predicted octanol–water partition coefficient (Wildman–Crippen LogP) is 4.54. The average molecular weight is 314 g/mol. The van der Waals surface area contributed by atoms with Crippen molar-refractivity contribution in [2.75, 3.05) is 0 Å². The summed E-state index contributed by atoms with van der Waals surface area (Å²) in [5, 5.41) is 2.80. The molecule has 1 aromatic heterocycles. The van der Waals surface area contributed by atoms with Gasteiger partial charge in [-0.25, -0.2) is 4.39 Å². The Bertz CT molecular complexity index is 718. The van der Waals surface area contributed by atoms with Crippen LogP contribution in [0.4, 0.5) is 4.39 Å². The molecular weight excluding hydrogens is 291 g/mol. The van der Waals surface area contributed by atoms with E-state index in [0.717, 1.165) is 16.8 Å². The van der Waals surface area contributed by atoms with E-state index in [-0.39, 0.29) is 11.5 Å². The standard InChI is InChI=1S/C19H23FN2O/c1-12(2)17-14(7-6-10-21-17)13-8-9-16(20)15(11-13)18(23)22-19(3,4)5/h6-12H,1-5H3,(H,22,23). The zero-order chi connectivity index (χ0) is 17.2. The van der Waals surface area contributed by atoms with Gasteiger partial charge in [0.2, 0.25) is 0 Å². The maximum Gasteiger partial charge on any atom is 0.254 e. The molecule has 2 rings (SSSR count). The van der Waals surface area contributed by atoms with Crippen LogP contribution >= 0.6 is 0 Å². The van der Waals surface area contributed by atoms with Gasteiger partial charge in [0.05, 0.1) is 11.3 Å². The number of carbonyl (C=O) groups excluding carboxylic acids is 1. The molecule has 0 fully saturated rings. The zero-order valence-electron chi connectivity index (χ0n) is 14.3. The number of hydrogen-bond acceptors (Lipinski definition) is 2. The fourth-order valence-corrected chi connectivity index (χ4v) is 2.40. The molecule has 0 aliphatic carbocycles. The van der Waals surface area contributed by atoms with E-state index in [1.165, 1.54) is 6.07 Å². The highest BCUT2D eigenvalue weighted by Gasteiger charge is 2.19. The smallest absolute Gasteiger partial charge is 0.254 e. The first kappa shape index (κ1) is 17.1. The van der Waals surface area contributed by atoms with E-state index in [0.29, 0.717) is 0 Å². The van der Waals surface area contributed by atoms with E-state index in [4.69, 9.17) is 0 Å². The lowest BCUT2D eigenvalue weighted by molar-refractivity contribution is 0.0915. The van der Waals surface area contributed by atoms with Crippen LogP contribution in [0.1, 0.15) is 56.6 Å². The van der Waals surface area contributed by atoms with Crippen LogP contribution < -0.4 is 5.32 Å². The lowest BCUT2D eigenvalue weighted by Gasteiger charge is -2.21. The molecule has 0 saturated carbocycles. The van der Waals surface area contributed by atoms with Crippen LogP contribution in [0, 0.1) is 5.82 Å². The molecule has 1 amide bonds. The van der Waals surface area contributed by atoms with Crippen LogP contribution in [0.5, 0.6) is 0 Å². The summed E-state index contributed by atoms with van der Waals surface area (Å²) in [4.78, 5) is 16.7. The number of amides is 1. The number of aromatic nitrogens is 1. The third-order valence-electron chi connectivity index (χ3n) is 3.40. The summed E-state index contributed by atoms with van der Waals surface area (Å²) in [6.45, 7) is 9.71. The zero-order valence-corrected chi connectivity index (χ0v) is 14.3. The molecule has 0 radical (unpaired) electrons. The van der Waals surface area contributed by atoms with E-state index in [1.807, 2.05) is 32.9 Å². The summed E-state index contributed by atoms with van der Waals surface area (Å²) in [5.41, 5.74) is 2.28. The van der Waals surface area contributed by atoms with Crippen molar-refractivity contribution in [1.82, 2.24) is 10.3 Å². The molecule has 1 aromatic carbocycles. The van der Waals surface area contributed by atoms with Crippen LogP contribution in [0.15, 0.2) is 36.5 Å². The Morgan fingerprint density at radius 2 is 1.91 bits per heavy atom. The number of pyridine rings is 1. The summed E-state index contributed by atoms with van der Waals surface area (Å²) >= 11 is 0. The van der Waals surface area contributed by atoms with Gasteiger partial charge in [-0.2, -0.15) is 0 Å². The Hall–Kier alpha value is -2.23. The Labute approximate surface area is 137 Å². The maximum absolute atomic E-state index is 14.1. The van der Waals surface area contributed by atoms with E-state index in [2.05, 4.69) is 24.1 Å². The minimum absolute atomic E-state index is 0.0518. The normalized spacial score (nSPS) is 11.6. The van der Waals surface area contributed by atoms with Gasteiger partial charge in [-0.1, -0.05) is 26.0 Å². The molecule has 0 atom stereocenters. The Morgan fingerprint density at radius 3 is 2.52 bits per heavy atom. The van der Waals surface area contributed by atoms with Gasteiger partial charge < -0.3 is 5.32 Å². The summed E-state index contributed by atoms with van der Waals surface area (Å²) in [6, 6.07) is 8.41. The second-order valence-electron chi connectivity index (χ2n) is 6.99. The number of halogens is 1. The van der Waals surface area contributed by atoms with Crippen LogP contribution in [0.25, 0.3) is 11.1 Å². The quantitative estimate of drug-likeness (QED) is 0.903. The average Bonchev–Trinajstić information content (AvgIpc) is 2.45. The molecule has 1 N–H and O–H groups in total. The minimum Gasteiger partial charge on any atom is -0.347 e. The first-order valence-corrected chi connectivity index (χ1v) is 7.76. The van der Waals surface area contributed by atoms with Crippen molar-refractivity contribution < 1.29 is 9.18 Å². The number of nitrogens with zero attached hydrogens (tertiary/aromatic N) is 1. The Kier molecular flexibility index (Phi) is 4.83. The summed E-state index contributed by atoms with van der Waals surface area (Å²) in [6.07, 6.45) is 1.75.